The Kier molecular flexibility index (Phi) is 10.1. The lowest BCUT2D eigenvalue weighted by Crippen LogP contribution is -2.42. The number of halogens is 1. The average molecular weight is 535 g/mol. The van der Waals surface area contributed by atoms with Gasteiger partial charge in [0.1, 0.15) is 19.0 Å². The first kappa shape index (κ1) is 28.0. The van der Waals surface area contributed by atoms with Gasteiger partial charge in [-0.1, -0.05) is 86.0 Å². The summed E-state index contributed by atoms with van der Waals surface area (Å²) < 4.78 is 12.0. The van der Waals surface area contributed by atoms with Crippen molar-refractivity contribution in [2.75, 3.05) is 11.9 Å². The number of hydrogen-bond donors (Lipinski definition) is 1. The lowest BCUT2D eigenvalue weighted by molar-refractivity contribution is 0.148. The number of benzene rings is 3. The summed E-state index contributed by atoms with van der Waals surface area (Å²) in [5.74, 6) is 0.723. The van der Waals surface area contributed by atoms with Crippen LogP contribution in [0.2, 0.25) is 0 Å². The molecule has 1 atom stereocenters. The first-order valence-corrected chi connectivity index (χ1v) is 13.7. The van der Waals surface area contributed by atoms with Crippen LogP contribution in [0.15, 0.2) is 72.8 Å². The molecule has 2 aliphatic carbocycles. The summed E-state index contributed by atoms with van der Waals surface area (Å²) in [5.41, 5.74) is 5.40. The van der Waals surface area contributed by atoms with Crippen molar-refractivity contribution in [2.24, 2.45) is 0 Å². The molecule has 202 valence electrons. The van der Waals surface area contributed by atoms with Gasteiger partial charge < -0.3 is 14.8 Å². The molecule has 5 rings (SSSR count). The van der Waals surface area contributed by atoms with Gasteiger partial charge in [0.15, 0.2) is 0 Å². The number of carbonyl (C=O) groups is 1. The molecule has 0 bridgehead atoms. The van der Waals surface area contributed by atoms with Gasteiger partial charge in [0.2, 0.25) is 0 Å². The number of hydrogen-bond acceptors (Lipinski definition) is 4. The van der Waals surface area contributed by atoms with Crippen LogP contribution in [0.25, 0.3) is 0 Å². The van der Waals surface area contributed by atoms with E-state index in [1.807, 2.05) is 54.6 Å². The molecule has 3 aromatic carbocycles. The van der Waals surface area contributed by atoms with Crippen molar-refractivity contribution in [3.63, 3.8) is 0 Å². The Morgan fingerprint density at radius 3 is 2.18 bits per heavy atom. The van der Waals surface area contributed by atoms with E-state index in [1.165, 1.54) is 43.2 Å². The molecular weight excluding hydrogens is 496 g/mol. The van der Waals surface area contributed by atoms with Gasteiger partial charge in [-0.25, -0.2) is 4.79 Å². The average Bonchev–Trinajstić information content (AvgIpc) is 2.95. The second-order valence-electron chi connectivity index (χ2n) is 10.4. The number of nitrogens with one attached hydrogen (secondary N) is 1. The van der Waals surface area contributed by atoms with Crippen LogP contribution in [0, 0.1) is 0 Å². The van der Waals surface area contributed by atoms with Gasteiger partial charge in [0.25, 0.3) is 0 Å². The topological polar surface area (TPSA) is 50.8 Å². The molecule has 0 spiro atoms. The van der Waals surface area contributed by atoms with Crippen molar-refractivity contribution in [1.29, 1.82) is 0 Å². The minimum atomic E-state index is -0.371. The van der Waals surface area contributed by atoms with E-state index >= 15 is 0 Å². The van der Waals surface area contributed by atoms with Gasteiger partial charge in [-0.05, 0) is 60.4 Å². The molecule has 0 heterocycles. The molecule has 2 aliphatic rings. The SMILES string of the molecule is CN(C(=O)OCc1ccccc1)c1c(OCc2ccccc2)ccc2c1CCC(NC1CCCCC1)C2.Cl. The molecule has 38 heavy (non-hydrogen) atoms. The van der Waals surface area contributed by atoms with E-state index in [4.69, 9.17) is 9.47 Å². The molecule has 1 N–H and O–H groups in total. The van der Waals surface area contributed by atoms with E-state index in [2.05, 4.69) is 23.5 Å². The summed E-state index contributed by atoms with van der Waals surface area (Å²) in [6.45, 7) is 0.692. The molecule has 1 unspecified atom stereocenters. The zero-order valence-corrected chi connectivity index (χ0v) is 23.1. The maximum absolute atomic E-state index is 13.2. The van der Waals surface area contributed by atoms with Crippen LogP contribution in [0.3, 0.4) is 0 Å². The van der Waals surface area contributed by atoms with Crippen molar-refractivity contribution in [2.45, 2.75) is 76.7 Å². The number of rotatable bonds is 8. The van der Waals surface area contributed by atoms with Gasteiger partial charge in [0.05, 0.1) is 5.69 Å². The largest absolute Gasteiger partial charge is 0.487 e. The van der Waals surface area contributed by atoms with Gasteiger partial charge >= 0.3 is 6.09 Å². The molecule has 1 saturated carbocycles. The predicted molar refractivity (Wildman–Crippen MR) is 155 cm³/mol. The number of anilines is 1. The summed E-state index contributed by atoms with van der Waals surface area (Å²) in [6.07, 6.45) is 9.20. The first-order chi connectivity index (χ1) is 18.2. The van der Waals surface area contributed by atoms with Gasteiger partial charge in [0, 0.05) is 19.1 Å². The Labute approximate surface area is 232 Å². The van der Waals surface area contributed by atoms with E-state index in [-0.39, 0.29) is 25.1 Å². The van der Waals surface area contributed by atoms with E-state index in [0.717, 1.165) is 41.8 Å². The summed E-state index contributed by atoms with van der Waals surface area (Å²) in [4.78, 5) is 14.8. The van der Waals surface area contributed by atoms with Crippen molar-refractivity contribution >= 4 is 24.2 Å². The fourth-order valence-electron chi connectivity index (χ4n) is 5.68. The zero-order chi connectivity index (χ0) is 25.5. The third kappa shape index (κ3) is 7.09. The lowest BCUT2D eigenvalue weighted by Gasteiger charge is -2.34. The molecule has 0 radical (unpaired) electrons. The minimum absolute atomic E-state index is 0. The Morgan fingerprint density at radius 2 is 1.50 bits per heavy atom. The highest BCUT2D eigenvalue weighted by Gasteiger charge is 2.29. The smallest absolute Gasteiger partial charge is 0.414 e. The van der Waals surface area contributed by atoms with Crippen LogP contribution in [0.5, 0.6) is 5.75 Å². The second kappa shape index (κ2) is 13.7. The van der Waals surface area contributed by atoms with Crippen LogP contribution in [-0.2, 0) is 30.8 Å². The van der Waals surface area contributed by atoms with Crippen molar-refractivity contribution in [3.8, 4) is 5.75 Å². The molecular formula is C32H39ClN2O3. The highest BCUT2D eigenvalue weighted by molar-refractivity contribution is 5.91. The maximum atomic E-state index is 13.2. The lowest BCUT2D eigenvalue weighted by atomic mass is 9.85. The summed E-state index contributed by atoms with van der Waals surface area (Å²) in [5, 5.41) is 3.93. The molecule has 0 aromatic heterocycles. The third-order valence-electron chi connectivity index (χ3n) is 7.68. The highest BCUT2D eigenvalue weighted by atomic mass is 35.5. The summed E-state index contributed by atoms with van der Waals surface area (Å²) >= 11 is 0. The molecule has 0 aliphatic heterocycles. The Hall–Kier alpha value is -3.02. The number of nitrogens with zero attached hydrogens (tertiary/aromatic N) is 1. The fourth-order valence-corrected chi connectivity index (χ4v) is 5.68. The quantitative estimate of drug-likeness (QED) is 0.331. The molecule has 5 nitrogen and oxygen atoms in total. The van der Waals surface area contributed by atoms with Gasteiger partial charge in [-0.15, -0.1) is 12.4 Å². The normalized spacial score (nSPS) is 17.1. The van der Waals surface area contributed by atoms with Crippen LogP contribution in [-0.4, -0.2) is 25.2 Å². The van der Waals surface area contributed by atoms with Gasteiger partial charge in [-0.3, -0.25) is 4.90 Å². The van der Waals surface area contributed by atoms with E-state index in [0.29, 0.717) is 18.7 Å². The van der Waals surface area contributed by atoms with Crippen molar-refractivity contribution < 1.29 is 14.3 Å². The minimum Gasteiger partial charge on any atom is -0.487 e. The maximum Gasteiger partial charge on any atom is 0.414 e. The molecule has 0 saturated heterocycles. The van der Waals surface area contributed by atoms with Gasteiger partial charge in [-0.2, -0.15) is 0 Å². The first-order valence-electron chi connectivity index (χ1n) is 13.7. The van der Waals surface area contributed by atoms with Crippen LogP contribution < -0.4 is 15.0 Å². The zero-order valence-electron chi connectivity index (χ0n) is 22.2. The predicted octanol–water partition coefficient (Wildman–Crippen LogP) is 7.24. The highest BCUT2D eigenvalue weighted by Crippen LogP contribution is 2.39. The number of amides is 1. The standard InChI is InChI=1S/C32H38N2O3.ClH/c1-34(32(35)37-23-25-13-7-3-8-14-25)31-29-19-18-28(33-27-15-9-4-10-16-27)21-26(29)17-20-30(31)36-22-24-11-5-2-6-12-24;/h2-3,5-8,11-14,17,20,27-28,33H,4,9-10,15-16,18-19,21-23H2,1H3;1H. The number of ether oxygens (including phenoxy) is 2. The fraction of sp³-hybridized carbons (Fsp3) is 0.406. The van der Waals surface area contributed by atoms with E-state index in [1.54, 1.807) is 11.9 Å². The number of fused-ring (bicyclic) bond motifs is 1. The van der Waals surface area contributed by atoms with Crippen molar-refractivity contribution in [1.82, 2.24) is 5.32 Å². The summed E-state index contributed by atoms with van der Waals surface area (Å²) in [6, 6.07) is 25.3. The monoisotopic (exact) mass is 534 g/mol. The third-order valence-corrected chi connectivity index (χ3v) is 7.68. The Bertz CT molecular complexity index is 1170. The van der Waals surface area contributed by atoms with Crippen LogP contribution in [0.4, 0.5) is 10.5 Å². The molecule has 1 amide bonds. The van der Waals surface area contributed by atoms with E-state index in [9.17, 15) is 4.79 Å². The van der Waals surface area contributed by atoms with Crippen LogP contribution in [0.1, 0.15) is 60.8 Å². The van der Waals surface area contributed by atoms with E-state index < -0.39 is 0 Å². The molecule has 3 aromatic rings. The van der Waals surface area contributed by atoms with Crippen LogP contribution >= 0.6 is 12.4 Å². The Morgan fingerprint density at radius 1 is 0.842 bits per heavy atom. The number of carbonyl (C=O) groups excluding carboxylic acids is 1. The molecule has 6 heteroatoms. The summed E-state index contributed by atoms with van der Waals surface area (Å²) in [7, 11) is 1.80. The second-order valence-corrected chi connectivity index (χ2v) is 10.4. The molecule has 1 fully saturated rings. The Balaban J connectivity index is 0.00000336. The van der Waals surface area contributed by atoms with Crippen molar-refractivity contribution in [3.05, 3.63) is 95.1 Å².